The monoisotopic (exact) mass is 270 g/mol. The Bertz CT molecular complexity index is 352. The summed E-state index contributed by atoms with van der Waals surface area (Å²) in [6.45, 7) is 3.87. The molecule has 1 aromatic rings. The normalized spacial score (nSPS) is 10.9. The quantitative estimate of drug-likeness (QED) is 0.632. The van der Waals surface area contributed by atoms with Gasteiger partial charge in [-0.05, 0) is 13.0 Å². The second-order valence-corrected chi connectivity index (χ2v) is 4.64. The summed E-state index contributed by atoms with van der Waals surface area (Å²) in [6.07, 6.45) is 2.92. The smallest absolute Gasteiger partial charge is 0.204 e. The number of rotatable bonds is 10. The van der Waals surface area contributed by atoms with Gasteiger partial charge in [0.1, 0.15) is 0 Å². The summed E-state index contributed by atoms with van der Waals surface area (Å²) >= 11 is 0. The second kappa shape index (κ2) is 8.90. The third-order valence-electron chi connectivity index (χ3n) is 2.84. The Morgan fingerprint density at radius 1 is 1.32 bits per heavy atom. The second-order valence-electron chi connectivity index (χ2n) is 4.64. The Kier molecular flexibility index (Phi) is 7.47. The highest BCUT2D eigenvalue weighted by Gasteiger charge is 2.06. The van der Waals surface area contributed by atoms with Crippen molar-refractivity contribution >= 4 is 5.95 Å². The SMILES string of the molecule is COCCOCCCNCc1cnc(N(C)C)n1C. The van der Waals surface area contributed by atoms with Gasteiger partial charge in [-0.15, -0.1) is 0 Å². The number of nitrogens with one attached hydrogen (secondary N) is 1. The Hall–Kier alpha value is -1.11. The van der Waals surface area contributed by atoms with Gasteiger partial charge in [-0.3, -0.25) is 0 Å². The van der Waals surface area contributed by atoms with Crippen molar-refractivity contribution in [3.63, 3.8) is 0 Å². The molecule has 0 spiro atoms. The van der Waals surface area contributed by atoms with Crippen molar-refractivity contribution in [2.75, 3.05) is 52.5 Å². The average Bonchev–Trinajstić information content (AvgIpc) is 2.74. The molecule has 1 N–H and O–H groups in total. The average molecular weight is 270 g/mol. The summed E-state index contributed by atoms with van der Waals surface area (Å²) < 4.78 is 12.4. The van der Waals surface area contributed by atoms with E-state index in [1.54, 1.807) is 7.11 Å². The zero-order valence-corrected chi connectivity index (χ0v) is 12.5. The van der Waals surface area contributed by atoms with Crippen molar-refractivity contribution < 1.29 is 9.47 Å². The van der Waals surface area contributed by atoms with Crippen molar-refractivity contribution in [3.8, 4) is 0 Å². The Labute approximate surface area is 115 Å². The molecule has 0 radical (unpaired) electrons. The molecule has 0 aliphatic rings. The molecule has 19 heavy (non-hydrogen) atoms. The van der Waals surface area contributed by atoms with Crippen LogP contribution in [0, 0.1) is 0 Å². The number of hydrogen-bond acceptors (Lipinski definition) is 5. The van der Waals surface area contributed by atoms with E-state index in [9.17, 15) is 0 Å². The lowest BCUT2D eigenvalue weighted by atomic mass is 10.4. The van der Waals surface area contributed by atoms with Gasteiger partial charge in [0.15, 0.2) is 0 Å². The molecule has 1 aromatic heterocycles. The molecule has 6 heteroatoms. The van der Waals surface area contributed by atoms with Gasteiger partial charge in [0.25, 0.3) is 0 Å². The van der Waals surface area contributed by atoms with Crippen LogP contribution in [0.25, 0.3) is 0 Å². The van der Waals surface area contributed by atoms with Crippen LogP contribution >= 0.6 is 0 Å². The van der Waals surface area contributed by atoms with Gasteiger partial charge in [-0.1, -0.05) is 0 Å². The maximum atomic E-state index is 5.40. The van der Waals surface area contributed by atoms with Crippen LogP contribution in [0.4, 0.5) is 5.95 Å². The molecule has 0 atom stereocenters. The minimum atomic E-state index is 0.662. The number of aromatic nitrogens is 2. The topological polar surface area (TPSA) is 51.6 Å². The number of hydrogen-bond donors (Lipinski definition) is 1. The van der Waals surface area contributed by atoms with E-state index in [1.807, 2.05) is 32.2 Å². The lowest BCUT2D eigenvalue weighted by Gasteiger charge is -2.12. The largest absolute Gasteiger partial charge is 0.382 e. The molecule has 6 nitrogen and oxygen atoms in total. The molecule has 0 aromatic carbocycles. The maximum absolute atomic E-state index is 5.40. The molecule has 0 amide bonds. The van der Waals surface area contributed by atoms with E-state index in [0.29, 0.717) is 13.2 Å². The number of nitrogens with zero attached hydrogens (tertiary/aromatic N) is 3. The lowest BCUT2D eigenvalue weighted by molar-refractivity contribution is 0.0694. The van der Waals surface area contributed by atoms with E-state index in [0.717, 1.165) is 32.1 Å². The fourth-order valence-corrected chi connectivity index (χ4v) is 1.77. The summed E-state index contributed by atoms with van der Waals surface area (Å²) in [4.78, 5) is 6.38. The van der Waals surface area contributed by atoms with Crippen LogP contribution in [-0.4, -0.2) is 57.1 Å². The van der Waals surface area contributed by atoms with Gasteiger partial charge in [-0.2, -0.15) is 0 Å². The van der Waals surface area contributed by atoms with Crippen molar-refractivity contribution in [2.24, 2.45) is 7.05 Å². The molecular formula is C13H26N4O2. The van der Waals surface area contributed by atoms with Crippen molar-refractivity contribution in [2.45, 2.75) is 13.0 Å². The van der Waals surface area contributed by atoms with E-state index in [4.69, 9.17) is 9.47 Å². The first-order valence-electron chi connectivity index (χ1n) is 6.62. The predicted molar refractivity (Wildman–Crippen MR) is 76.6 cm³/mol. The van der Waals surface area contributed by atoms with Gasteiger partial charge in [0.2, 0.25) is 5.95 Å². The van der Waals surface area contributed by atoms with Crippen LogP contribution in [0.15, 0.2) is 6.20 Å². The predicted octanol–water partition coefficient (Wildman–Crippen LogP) is 0.629. The molecule has 1 heterocycles. The van der Waals surface area contributed by atoms with Gasteiger partial charge < -0.3 is 24.3 Å². The molecule has 0 bridgehead atoms. The van der Waals surface area contributed by atoms with Crippen molar-refractivity contribution in [1.29, 1.82) is 0 Å². The lowest BCUT2D eigenvalue weighted by Crippen LogP contribution is -2.20. The summed E-state index contributed by atoms with van der Waals surface area (Å²) in [5.41, 5.74) is 1.18. The highest BCUT2D eigenvalue weighted by Crippen LogP contribution is 2.10. The Morgan fingerprint density at radius 3 is 2.74 bits per heavy atom. The van der Waals surface area contributed by atoms with Gasteiger partial charge >= 0.3 is 0 Å². The Morgan fingerprint density at radius 2 is 2.11 bits per heavy atom. The van der Waals surface area contributed by atoms with E-state index in [1.165, 1.54) is 5.69 Å². The first kappa shape index (κ1) is 15.9. The molecule has 0 saturated heterocycles. The minimum absolute atomic E-state index is 0.662. The summed E-state index contributed by atoms with van der Waals surface area (Å²) in [7, 11) is 7.71. The molecule has 1 rings (SSSR count). The number of ether oxygens (including phenoxy) is 2. The van der Waals surface area contributed by atoms with E-state index in [-0.39, 0.29) is 0 Å². The Balaban J connectivity index is 2.13. The van der Waals surface area contributed by atoms with Crippen LogP contribution < -0.4 is 10.2 Å². The zero-order chi connectivity index (χ0) is 14.1. The maximum Gasteiger partial charge on any atom is 0.204 e. The molecule has 0 fully saturated rings. The fourth-order valence-electron chi connectivity index (χ4n) is 1.77. The highest BCUT2D eigenvalue weighted by atomic mass is 16.5. The van der Waals surface area contributed by atoms with E-state index < -0.39 is 0 Å². The molecule has 110 valence electrons. The van der Waals surface area contributed by atoms with Crippen LogP contribution in [0.3, 0.4) is 0 Å². The minimum Gasteiger partial charge on any atom is -0.382 e. The summed E-state index contributed by atoms with van der Waals surface area (Å²) in [5.74, 6) is 0.972. The molecular weight excluding hydrogens is 244 g/mol. The standard InChI is InChI=1S/C13H26N4O2/c1-16(2)13-15-11-12(17(13)3)10-14-6-5-7-19-9-8-18-4/h11,14H,5-10H2,1-4H3. The van der Waals surface area contributed by atoms with Crippen LogP contribution in [0.2, 0.25) is 0 Å². The number of imidazole rings is 1. The van der Waals surface area contributed by atoms with Crippen LogP contribution in [-0.2, 0) is 23.1 Å². The molecule has 0 unspecified atom stereocenters. The first-order chi connectivity index (χ1) is 9.16. The van der Waals surface area contributed by atoms with E-state index >= 15 is 0 Å². The molecule has 0 aliphatic heterocycles. The molecule has 0 saturated carbocycles. The third kappa shape index (κ3) is 5.59. The van der Waals surface area contributed by atoms with Crippen LogP contribution in [0.1, 0.15) is 12.1 Å². The number of methoxy groups -OCH3 is 1. The fraction of sp³-hybridized carbons (Fsp3) is 0.769. The van der Waals surface area contributed by atoms with Gasteiger partial charge in [0, 0.05) is 41.4 Å². The third-order valence-corrected chi connectivity index (χ3v) is 2.84. The zero-order valence-electron chi connectivity index (χ0n) is 12.5. The first-order valence-corrected chi connectivity index (χ1v) is 6.62. The highest BCUT2D eigenvalue weighted by molar-refractivity contribution is 5.30. The summed E-state index contributed by atoms with van der Waals surface area (Å²) in [6, 6.07) is 0. The van der Waals surface area contributed by atoms with Gasteiger partial charge in [0.05, 0.1) is 25.1 Å². The summed E-state index contributed by atoms with van der Waals surface area (Å²) in [5, 5.41) is 3.40. The van der Waals surface area contributed by atoms with Crippen molar-refractivity contribution in [3.05, 3.63) is 11.9 Å². The molecule has 0 aliphatic carbocycles. The van der Waals surface area contributed by atoms with Crippen LogP contribution in [0.5, 0.6) is 0 Å². The van der Waals surface area contributed by atoms with Crippen molar-refractivity contribution in [1.82, 2.24) is 14.9 Å². The number of anilines is 1. The van der Waals surface area contributed by atoms with E-state index in [2.05, 4.69) is 14.9 Å². The van der Waals surface area contributed by atoms with Gasteiger partial charge in [-0.25, -0.2) is 4.98 Å².